The van der Waals surface area contributed by atoms with Gasteiger partial charge in [-0.05, 0) is 97.7 Å². The van der Waals surface area contributed by atoms with E-state index in [1.165, 1.54) is 81.0 Å². The van der Waals surface area contributed by atoms with E-state index in [9.17, 15) is 0 Å². The quantitative estimate of drug-likeness (QED) is 0.176. The number of hydrogen-bond acceptors (Lipinski definition) is 3. The van der Waals surface area contributed by atoms with E-state index in [0.29, 0.717) is 0 Å². The summed E-state index contributed by atoms with van der Waals surface area (Å²) in [7, 11) is 0. The Morgan fingerprint density at radius 1 is 0.371 bits per heavy atom. The smallest absolute Gasteiger partial charge is 0.159 e. The zero-order valence-corrected chi connectivity index (χ0v) is 34.3. The van der Waals surface area contributed by atoms with Crippen LogP contribution in [0.1, 0.15) is 22.3 Å². The number of nitrogens with zero attached hydrogens (tertiary/aromatic N) is 1. The molecular weight excluding hydrogens is 771 g/mol. The molecular formula is C59H35NOS. The average Bonchev–Trinajstić information content (AvgIpc) is 4.07. The Balaban J connectivity index is 1.05. The highest BCUT2D eigenvalue weighted by Gasteiger charge is 2.51. The van der Waals surface area contributed by atoms with E-state index < -0.39 is 5.41 Å². The number of para-hydroxylation sites is 2. The minimum atomic E-state index is -0.453. The first-order chi connectivity index (χ1) is 30.8. The highest BCUT2D eigenvalue weighted by atomic mass is 32.1. The van der Waals surface area contributed by atoms with Gasteiger partial charge in [-0.15, -0.1) is 11.3 Å². The van der Waals surface area contributed by atoms with Crippen LogP contribution in [-0.4, -0.2) is 0 Å². The monoisotopic (exact) mass is 805 g/mol. The lowest BCUT2D eigenvalue weighted by Crippen LogP contribution is -2.26. The first-order valence-electron chi connectivity index (χ1n) is 21.3. The molecule has 62 heavy (non-hydrogen) atoms. The van der Waals surface area contributed by atoms with Crippen molar-refractivity contribution in [3.63, 3.8) is 0 Å². The molecule has 1 spiro atoms. The van der Waals surface area contributed by atoms with Gasteiger partial charge < -0.3 is 9.32 Å². The van der Waals surface area contributed by atoms with Crippen LogP contribution in [-0.2, 0) is 5.41 Å². The first kappa shape index (κ1) is 34.0. The third-order valence-corrected chi connectivity index (χ3v) is 14.9. The number of fused-ring (bicyclic) bond motifs is 17. The summed E-state index contributed by atoms with van der Waals surface area (Å²) in [6, 6.07) is 78.2. The van der Waals surface area contributed by atoms with Gasteiger partial charge in [-0.2, -0.15) is 0 Å². The van der Waals surface area contributed by atoms with E-state index in [2.05, 4.69) is 217 Å². The minimum absolute atomic E-state index is 0.453. The summed E-state index contributed by atoms with van der Waals surface area (Å²) in [5.41, 5.74) is 17.3. The van der Waals surface area contributed by atoms with Crippen molar-refractivity contribution in [2.45, 2.75) is 5.41 Å². The number of furan rings is 1. The highest BCUT2D eigenvalue weighted by Crippen LogP contribution is 2.63. The fraction of sp³-hybridized carbons (Fsp3) is 0.0169. The fourth-order valence-corrected chi connectivity index (χ4v) is 12.4. The molecule has 0 amide bonds. The van der Waals surface area contributed by atoms with Gasteiger partial charge in [0.15, 0.2) is 5.58 Å². The molecule has 12 aromatic rings. The standard InChI is InChI=1S/C59H35NOS/c1-2-17-37(18-3-1)60(38-32-33-43-42-22-8-12-29-51(42)59(52(43)35-38)49-27-10-6-20-40(49)41-21-7-11-28-50(41)59)53-30-15-24-45-48-34-36-16-4-5-19-39(36)55(57(48)61-56(45)53)47-26-14-25-46-44-23-9-13-31-54(44)62-58(46)47/h1-35H. The summed E-state index contributed by atoms with van der Waals surface area (Å²) in [4.78, 5) is 2.40. The molecule has 0 fully saturated rings. The van der Waals surface area contributed by atoms with Crippen LogP contribution in [0.15, 0.2) is 217 Å². The van der Waals surface area contributed by atoms with Gasteiger partial charge in [0.05, 0.1) is 11.1 Å². The maximum absolute atomic E-state index is 7.42. The molecule has 2 nitrogen and oxygen atoms in total. The Morgan fingerprint density at radius 3 is 1.71 bits per heavy atom. The summed E-state index contributed by atoms with van der Waals surface area (Å²) in [5.74, 6) is 0. The summed E-state index contributed by atoms with van der Waals surface area (Å²) < 4.78 is 9.99. The number of anilines is 3. The Labute approximate surface area is 362 Å². The van der Waals surface area contributed by atoms with Crippen LogP contribution >= 0.6 is 11.3 Å². The second kappa shape index (κ2) is 12.7. The van der Waals surface area contributed by atoms with E-state index in [4.69, 9.17) is 4.42 Å². The van der Waals surface area contributed by atoms with Crippen LogP contribution in [0.2, 0.25) is 0 Å². The van der Waals surface area contributed by atoms with Crippen LogP contribution in [0.4, 0.5) is 17.1 Å². The summed E-state index contributed by atoms with van der Waals surface area (Å²) in [6.45, 7) is 0. The Morgan fingerprint density at radius 2 is 0.952 bits per heavy atom. The predicted molar refractivity (Wildman–Crippen MR) is 261 cm³/mol. The lowest BCUT2D eigenvalue weighted by molar-refractivity contribution is 0.670. The normalized spacial score (nSPS) is 13.3. The molecule has 0 unspecified atom stereocenters. The third-order valence-electron chi connectivity index (χ3n) is 13.7. The number of benzene rings is 10. The number of hydrogen-bond donors (Lipinski definition) is 0. The van der Waals surface area contributed by atoms with Gasteiger partial charge in [-0.25, -0.2) is 0 Å². The van der Waals surface area contributed by atoms with E-state index >= 15 is 0 Å². The molecule has 2 aliphatic carbocycles. The van der Waals surface area contributed by atoms with E-state index in [1.807, 2.05) is 11.3 Å². The van der Waals surface area contributed by atoms with Crippen molar-refractivity contribution in [2.24, 2.45) is 0 Å². The molecule has 0 radical (unpaired) electrons. The molecule has 0 aliphatic heterocycles. The van der Waals surface area contributed by atoms with Crippen LogP contribution in [0, 0.1) is 0 Å². The molecule has 288 valence electrons. The van der Waals surface area contributed by atoms with Crippen molar-refractivity contribution in [2.75, 3.05) is 4.90 Å². The molecule has 0 atom stereocenters. The number of rotatable bonds is 4. The van der Waals surface area contributed by atoms with E-state index in [0.717, 1.165) is 44.6 Å². The van der Waals surface area contributed by atoms with Crippen LogP contribution < -0.4 is 4.90 Å². The zero-order chi connectivity index (χ0) is 40.5. The number of thiophene rings is 1. The highest BCUT2D eigenvalue weighted by molar-refractivity contribution is 7.26. The van der Waals surface area contributed by atoms with Crippen molar-refractivity contribution in [3.8, 4) is 33.4 Å². The lowest BCUT2D eigenvalue weighted by atomic mass is 9.70. The molecule has 2 aliphatic rings. The Hall–Kier alpha value is -7.72. The van der Waals surface area contributed by atoms with Crippen molar-refractivity contribution in [1.29, 1.82) is 0 Å². The van der Waals surface area contributed by atoms with Crippen molar-refractivity contribution >= 4 is 81.3 Å². The molecule has 10 aromatic carbocycles. The summed E-state index contributed by atoms with van der Waals surface area (Å²) in [5, 5.41) is 7.16. The molecule has 2 heterocycles. The average molecular weight is 806 g/mol. The van der Waals surface area contributed by atoms with E-state index in [-0.39, 0.29) is 0 Å². The minimum Gasteiger partial charge on any atom is -0.453 e. The predicted octanol–water partition coefficient (Wildman–Crippen LogP) is 16.6. The second-order valence-electron chi connectivity index (χ2n) is 16.7. The third kappa shape index (κ3) is 4.42. The molecule has 0 saturated carbocycles. The maximum atomic E-state index is 7.42. The van der Waals surface area contributed by atoms with Crippen LogP contribution in [0.25, 0.3) is 86.3 Å². The van der Waals surface area contributed by atoms with Gasteiger partial charge in [-0.1, -0.05) is 170 Å². The topological polar surface area (TPSA) is 16.4 Å². The van der Waals surface area contributed by atoms with Crippen LogP contribution in [0.5, 0.6) is 0 Å². The molecule has 2 aromatic heterocycles. The molecule has 0 N–H and O–H groups in total. The zero-order valence-electron chi connectivity index (χ0n) is 33.5. The molecule has 0 bridgehead atoms. The summed E-state index contributed by atoms with van der Waals surface area (Å²) >= 11 is 1.86. The van der Waals surface area contributed by atoms with Gasteiger partial charge in [0.2, 0.25) is 0 Å². The summed E-state index contributed by atoms with van der Waals surface area (Å²) in [6.07, 6.45) is 0. The van der Waals surface area contributed by atoms with Gasteiger partial charge in [0.1, 0.15) is 5.58 Å². The van der Waals surface area contributed by atoms with Gasteiger partial charge >= 0.3 is 0 Å². The first-order valence-corrected chi connectivity index (χ1v) is 22.2. The van der Waals surface area contributed by atoms with Gasteiger partial charge in [-0.3, -0.25) is 0 Å². The van der Waals surface area contributed by atoms with Crippen molar-refractivity contribution < 1.29 is 4.42 Å². The molecule has 14 rings (SSSR count). The maximum Gasteiger partial charge on any atom is 0.159 e. The van der Waals surface area contributed by atoms with Gasteiger partial charge in [0, 0.05) is 53.4 Å². The SMILES string of the molecule is c1ccc(N(c2ccc3c(c2)C2(c4ccccc4-c4ccccc42)c2ccccc2-3)c2cccc3c2oc2c(-c4cccc5c4sc4ccccc45)c4ccccc4cc23)cc1. The second-order valence-corrected chi connectivity index (χ2v) is 17.7. The fourth-order valence-electron chi connectivity index (χ4n) is 11.2. The van der Waals surface area contributed by atoms with E-state index in [1.54, 1.807) is 0 Å². The van der Waals surface area contributed by atoms with Crippen LogP contribution in [0.3, 0.4) is 0 Å². The molecule has 0 saturated heterocycles. The molecule has 3 heteroatoms. The van der Waals surface area contributed by atoms with Crippen molar-refractivity contribution in [3.05, 3.63) is 235 Å². The van der Waals surface area contributed by atoms with Crippen molar-refractivity contribution in [1.82, 2.24) is 0 Å². The lowest BCUT2D eigenvalue weighted by Gasteiger charge is -2.32. The largest absolute Gasteiger partial charge is 0.453 e. The van der Waals surface area contributed by atoms with Gasteiger partial charge in [0.25, 0.3) is 0 Å². The Bertz CT molecular complexity index is 3770. The Kier molecular flexibility index (Phi) is 6.95.